The molecule has 0 aliphatic carbocycles. The fourth-order valence-corrected chi connectivity index (χ4v) is 6.44. The van der Waals surface area contributed by atoms with Crippen molar-refractivity contribution < 1.29 is 88.5 Å². The number of aliphatic carboxylic acids is 1. The molecule has 0 N–H and O–H groups in total. The van der Waals surface area contributed by atoms with E-state index in [2.05, 4.69) is 4.98 Å². The van der Waals surface area contributed by atoms with Crippen molar-refractivity contribution in [2.24, 2.45) is 0 Å². The number of carboxylic acids is 1. The van der Waals surface area contributed by atoms with Gasteiger partial charge in [0.15, 0.2) is 5.65 Å². The van der Waals surface area contributed by atoms with E-state index in [4.69, 9.17) is 23.9 Å². The van der Waals surface area contributed by atoms with Crippen molar-refractivity contribution in [3.63, 3.8) is 0 Å². The number of pyridine rings is 1. The summed E-state index contributed by atoms with van der Waals surface area (Å²) in [6, 6.07) is 10.4. The van der Waals surface area contributed by atoms with Crippen LogP contribution < -0.4 is 62.0 Å². The molecule has 0 unspecified atom stereocenters. The summed E-state index contributed by atoms with van der Waals surface area (Å²) in [5.74, 6) is -1.08. The maximum atomic E-state index is 14.2. The quantitative estimate of drug-likeness (QED) is 0.365. The predicted octanol–water partition coefficient (Wildman–Crippen LogP) is 0.665. The molecule has 14 heteroatoms. The molecule has 1 amide bonds. The molecular formula is C32H41BKN3O8S. The van der Waals surface area contributed by atoms with Crippen molar-refractivity contribution in [2.45, 2.75) is 90.4 Å². The predicted molar refractivity (Wildman–Crippen MR) is 170 cm³/mol. The Labute approximate surface area is 314 Å². The minimum Gasteiger partial charge on any atom is -0.550 e. The SMILES string of the molecule is CC(=O)[O-].Cc1ccc(S(=O)(=O)n2c(C3=CCN(C(=O)OC(C)(C)C)CC3)cc3c(B4OC(C)(C)C(C)(C)O4)ccnc32)cc1.[K+]. The van der Waals surface area contributed by atoms with E-state index < -0.39 is 46.0 Å². The molecule has 11 nitrogen and oxygen atoms in total. The fraction of sp³-hybridized carbons (Fsp3) is 0.469. The van der Waals surface area contributed by atoms with Gasteiger partial charge in [0.2, 0.25) is 0 Å². The number of ether oxygens (including phenoxy) is 1. The van der Waals surface area contributed by atoms with Crippen LogP contribution in [0, 0.1) is 6.92 Å². The molecule has 4 heterocycles. The van der Waals surface area contributed by atoms with Crippen LogP contribution in [-0.2, 0) is 28.9 Å². The van der Waals surface area contributed by atoms with Gasteiger partial charge >= 0.3 is 64.6 Å². The first kappa shape index (κ1) is 38.4. The Hall–Kier alpha value is -2.04. The molecule has 1 aromatic carbocycles. The maximum Gasteiger partial charge on any atom is 1.00 e. The van der Waals surface area contributed by atoms with Crippen LogP contribution in [0.3, 0.4) is 0 Å². The van der Waals surface area contributed by atoms with Crippen LogP contribution in [0.5, 0.6) is 0 Å². The van der Waals surface area contributed by atoms with Crippen LogP contribution in [0.15, 0.2) is 53.6 Å². The van der Waals surface area contributed by atoms with Gasteiger partial charge in [0, 0.05) is 30.6 Å². The van der Waals surface area contributed by atoms with Gasteiger partial charge in [0.25, 0.3) is 10.0 Å². The Kier molecular flexibility index (Phi) is 11.9. The number of amides is 1. The molecule has 242 valence electrons. The number of rotatable bonds is 4. The van der Waals surface area contributed by atoms with E-state index in [0.717, 1.165) is 18.1 Å². The summed E-state index contributed by atoms with van der Waals surface area (Å²) < 4.78 is 47.9. The van der Waals surface area contributed by atoms with E-state index in [1.54, 1.807) is 35.4 Å². The Bertz CT molecular complexity index is 1720. The van der Waals surface area contributed by atoms with Gasteiger partial charge in [-0.05, 0) is 104 Å². The second kappa shape index (κ2) is 14.2. The summed E-state index contributed by atoms with van der Waals surface area (Å²) in [6.07, 6.45) is 3.53. The fourth-order valence-electron chi connectivity index (χ4n) is 4.95. The number of hydrogen-bond acceptors (Lipinski definition) is 9. The zero-order chi connectivity index (χ0) is 33.5. The topological polar surface area (TPSA) is 140 Å². The molecule has 0 bridgehead atoms. The average molecular weight is 678 g/mol. The van der Waals surface area contributed by atoms with Crippen molar-refractivity contribution in [3.8, 4) is 0 Å². The van der Waals surface area contributed by atoms with E-state index in [0.29, 0.717) is 41.7 Å². The van der Waals surface area contributed by atoms with Gasteiger partial charge in [-0.3, -0.25) is 0 Å². The summed E-state index contributed by atoms with van der Waals surface area (Å²) in [6.45, 7) is 17.0. The smallest absolute Gasteiger partial charge is 0.550 e. The maximum absolute atomic E-state index is 14.2. The molecule has 3 aromatic rings. The van der Waals surface area contributed by atoms with Gasteiger partial charge in [-0.2, -0.15) is 0 Å². The summed E-state index contributed by atoms with van der Waals surface area (Å²) in [5.41, 5.74) is 1.53. The zero-order valence-corrected chi connectivity index (χ0v) is 32.3. The number of aryl methyl sites for hydroxylation is 1. The number of hydrogen-bond donors (Lipinski definition) is 0. The molecule has 0 radical (unpaired) electrons. The molecule has 0 atom stereocenters. The van der Waals surface area contributed by atoms with Crippen molar-refractivity contribution in [1.82, 2.24) is 13.9 Å². The van der Waals surface area contributed by atoms with Gasteiger partial charge in [0.05, 0.1) is 21.8 Å². The largest absolute Gasteiger partial charge is 1.00 e. The first-order valence-electron chi connectivity index (χ1n) is 14.8. The third kappa shape index (κ3) is 8.33. The van der Waals surface area contributed by atoms with E-state index in [-0.39, 0.29) is 56.3 Å². The van der Waals surface area contributed by atoms with Crippen molar-refractivity contribution in [3.05, 3.63) is 59.9 Å². The van der Waals surface area contributed by atoms with Gasteiger partial charge in [0.1, 0.15) is 5.60 Å². The zero-order valence-electron chi connectivity index (χ0n) is 28.3. The standard InChI is InChI=1S/C30H38BN3O6S.C2H4O2.K/c1-20-9-11-22(12-10-20)41(36,37)34-25(21-14-17-33(18-15-21)27(35)38-28(2,3)4)19-23-24(13-16-32-26(23)34)31-39-29(5,6)30(7,8)40-31;1-2(3)4;/h9-14,16,19H,15,17-18H2,1-8H3;1H3,(H,3,4);/q;;+1/p-1. The average Bonchev–Trinajstić information content (AvgIpc) is 3.41. The van der Waals surface area contributed by atoms with Gasteiger partial charge in [-0.15, -0.1) is 0 Å². The number of carbonyl (C=O) groups excluding carboxylic acids is 2. The second-order valence-electron chi connectivity index (χ2n) is 13.2. The van der Waals surface area contributed by atoms with Gasteiger partial charge in [-0.25, -0.2) is 22.2 Å². The van der Waals surface area contributed by atoms with E-state index in [9.17, 15) is 13.2 Å². The van der Waals surface area contributed by atoms with Gasteiger partial charge < -0.3 is 28.8 Å². The van der Waals surface area contributed by atoms with Crippen molar-refractivity contribution in [2.75, 3.05) is 13.1 Å². The number of aromatic nitrogens is 2. The van der Waals surface area contributed by atoms with Crippen LogP contribution in [0.25, 0.3) is 16.6 Å². The molecule has 0 spiro atoms. The Morgan fingerprint density at radius 3 is 2.11 bits per heavy atom. The summed E-state index contributed by atoms with van der Waals surface area (Å²) in [4.78, 5) is 27.9. The van der Waals surface area contributed by atoms with Gasteiger partial charge in [-0.1, -0.05) is 23.8 Å². The molecular weight excluding hydrogens is 636 g/mol. The number of fused-ring (bicyclic) bond motifs is 1. The molecule has 46 heavy (non-hydrogen) atoms. The van der Waals surface area contributed by atoms with E-state index >= 15 is 0 Å². The third-order valence-corrected chi connectivity index (χ3v) is 9.67. The van der Waals surface area contributed by atoms with E-state index in [1.807, 2.05) is 73.6 Å². The molecule has 2 aliphatic heterocycles. The number of nitrogens with zero attached hydrogens (tertiary/aromatic N) is 3. The molecule has 1 saturated heterocycles. The third-order valence-electron chi connectivity index (χ3n) is 7.95. The monoisotopic (exact) mass is 677 g/mol. The van der Waals surface area contributed by atoms with Crippen LogP contribution in [0.1, 0.15) is 73.1 Å². The first-order chi connectivity index (χ1) is 20.7. The minimum atomic E-state index is -4.03. The summed E-state index contributed by atoms with van der Waals surface area (Å²) in [7, 11) is -4.73. The molecule has 1 fully saturated rings. The van der Waals surface area contributed by atoms with Crippen LogP contribution in [-0.4, -0.2) is 71.3 Å². The summed E-state index contributed by atoms with van der Waals surface area (Å²) in [5, 5.41) is 9.52. The van der Waals surface area contributed by atoms with Crippen LogP contribution in [0.2, 0.25) is 0 Å². The van der Waals surface area contributed by atoms with Crippen molar-refractivity contribution in [1.29, 1.82) is 0 Å². The Morgan fingerprint density at radius 1 is 1.04 bits per heavy atom. The Balaban J connectivity index is 0.00000109. The minimum absolute atomic E-state index is 0. The molecule has 2 aliphatic rings. The normalized spacial score (nSPS) is 17.5. The van der Waals surface area contributed by atoms with Crippen LogP contribution >= 0.6 is 0 Å². The number of carboxylic acid groups (broad SMARTS) is 1. The number of benzene rings is 1. The first-order valence-corrected chi connectivity index (χ1v) is 16.2. The van der Waals surface area contributed by atoms with Crippen LogP contribution in [0.4, 0.5) is 4.79 Å². The summed E-state index contributed by atoms with van der Waals surface area (Å²) >= 11 is 0. The van der Waals surface area contributed by atoms with E-state index in [1.165, 1.54) is 3.97 Å². The second-order valence-corrected chi connectivity index (χ2v) is 15.0. The Morgan fingerprint density at radius 2 is 1.61 bits per heavy atom. The number of carbonyl (C=O) groups is 2. The van der Waals surface area contributed by atoms with Crippen molar-refractivity contribution >= 4 is 51.3 Å². The molecule has 0 saturated carbocycles. The molecule has 2 aromatic heterocycles. The molecule has 5 rings (SSSR count).